The van der Waals surface area contributed by atoms with Crippen LogP contribution < -0.4 is 10.1 Å². The maximum absolute atomic E-state index is 12.7. The smallest absolute Gasteiger partial charge is 0.412 e. The van der Waals surface area contributed by atoms with Gasteiger partial charge in [0.1, 0.15) is 11.9 Å². The van der Waals surface area contributed by atoms with Crippen LogP contribution in [0.3, 0.4) is 0 Å². The molecular weight excluding hydrogens is 534 g/mol. The Kier molecular flexibility index (Phi) is 8.33. The molecule has 8 heteroatoms. The third-order valence-corrected chi connectivity index (χ3v) is 8.18. The lowest BCUT2D eigenvalue weighted by Crippen LogP contribution is -2.19. The van der Waals surface area contributed by atoms with E-state index in [1.54, 1.807) is 13.2 Å². The molecule has 1 heterocycles. The van der Waals surface area contributed by atoms with Crippen LogP contribution in [-0.4, -0.2) is 24.3 Å². The molecule has 0 saturated heterocycles. The first-order chi connectivity index (χ1) is 18.3. The molecule has 0 bridgehead atoms. The first-order valence-corrected chi connectivity index (χ1v) is 13.3. The van der Waals surface area contributed by atoms with Crippen molar-refractivity contribution in [1.82, 2.24) is 0 Å². The average Bonchev–Trinajstić information content (AvgIpc) is 3.67. The van der Waals surface area contributed by atoms with E-state index < -0.39 is 23.6 Å². The number of carbonyl (C=O) groups excluding carboxylic acids is 1. The van der Waals surface area contributed by atoms with Gasteiger partial charge in [-0.3, -0.25) is 10.1 Å². The lowest BCUT2D eigenvalue weighted by atomic mass is 9.93. The summed E-state index contributed by atoms with van der Waals surface area (Å²) < 4.78 is 11.8. The van der Waals surface area contributed by atoms with Gasteiger partial charge in [0.25, 0.3) is 0 Å². The van der Waals surface area contributed by atoms with Crippen molar-refractivity contribution in [3.05, 3.63) is 94.3 Å². The first-order valence-electron chi connectivity index (χ1n) is 12.2. The molecule has 3 aromatic carbocycles. The molecule has 2 N–H and O–H groups in total. The summed E-state index contributed by atoms with van der Waals surface area (Å²) in [6, 6.07) is 24.6. The van der Waals surface area contributed by atoms with Crippen LogP contribution in [0.1, 0.15) is 44.4 Å². The van der Waals surface area contributed by atoms with Crippen LogP contribution in [0.2, 0.25) is 4.34 Å². The van der Waals surface area contributed by atoms with Gasteiger partial charge in [0.05, 0.1) is 27.4 Å². The van der Waals surface area contributed by atoms with E-state index in [0.29, 0.717) is 28.6 Å². The number of aliphatic carboxylic acids is 1. The second-order valence-electron chi connectivity index (χ2n) is 9.26. The van der Waals surface area contributed by atoms with Crippen molar-refractivity contribution < 1.29 is 24.2 Å². The quantitative estimate of drug-likeness (QED) is 0.224. The lowest BCUT2D eigenvalue weighted by Gasteiger charge is -2.15. The van der Waals surface area contributed by atoms with Crippen LogP contribution in [0, 0.1) is 0 Å². The number of carboxylic acids is 1. The Morgan fingerprint density at radius 3 is 2.28 bits per heavy atom. The molecule has 39 heavy (non-hydrogen) atoms. The summed E-state index contributed by atoms with van der Waals surface area (Å²) in [6.07, 6.45) is 0.344. The zero-order valence-corrected chi connectivity index (χ0v) is 22.4. The number of carboxylic acid groups (broad SMARTS) is 1. The second kappa shape index (κ2) is 11.5. The maximum Gasteiger partial charge on any atom is 0.412 e. The summed E-state index contributed by atoms with van der Waals surface area (Å²) in [5.41, 5.74) is 4.14. The standard InChI is InChI=1S/C30H26ClNO5S.CH4/c1-18(19-6-4-3-5-7-19)37-29(35)32-24-17-26(31)38-27(24)21-10-13-23(25(16-21)36-2)20-8-11-22(12-9-20)30(14-15-30)28(33)34;/h3-13,16-18H,14-15H2,1-2H3,(H,32,35)(H,33,34);1H4/t18-;/m1./s1. The molecule has 1 fully saturated rings. The predicted octanol–water partition coefficient (Wildman–Crippen LogP) is 8.81. The molecule has 1 amide bonds. The van der Waals surface area contributed by atoms with Crippen molar-refractivity contribution in [3.63, 3.8) is 0 Å². The Balaban J connectivity index is 0.00000353. The number of amides is 1. The fourth-order valence-electron chi connectivity index (χ4n) is 4.55. The largest absolute Gasteiger partial charge is 0.496 e. The molecule has 0 unspecified atom stereocenters. The third kappa shape index (κ3) is 5.79. The van der Waals surface area contributed by atoms with Crippen molar-refractivity contribution in [1.29, 1.82) is 0 Å². The molecule has 4 aromatic rings. The summed E-state index contributed by atoms with van der Waals surface area (Å²) in [5, 5.41) is 12.4. The van der Waals surface area contributed by atoms with Gasteiger partial charge >= 0.3 is 12.1 Å². The molecule has 202 valence electrons. The summed E-state index contributed by atoms with van der Waals surface area (Å²) in [7, 11) is 1.60. The zero-order chi connectivity index (χ0) is 26.9. The Morgan fingerprint density at radius 1 is 1.00 bits per heavy atom. The number of carbonyl (C=O) groups is 2. The molecule has 0 radical (unpaired) electrons. The normalized spacial score (nSPS) is 14.0. The Bertz CT molecular complexity index is 1480. The molecule has 0 aliphatic heterocycles. The van der Waals surface area contributed by atoms with Gasteiger partial charge in [0.2, 0.25) is 0 Å². The molecule has 1 aromatic heterocycles. The highest BCUT2D eigenvalue weighted by atomic mass is 35.5. The Morgan fingerprint density at radius 2 is 1.67 bits per heavy atom. The van der Waals surface area contributed by atoms with Crippen molar-refractivity contribution in [3.8, 4) is 27.3 Å². The van der Waals surface area contributed by atoms with E-state index in [0.717, 1.165) is 32.7 Å². The molecular formula is C31H30ClNO5S. The number of ether oxygens (including phenoxy) is 2. The molecule has 1 aliphatic rings. The number of halogens is 1. The minimum Gasteiger partial charge on any atom is -0.496 e. The van der Waals surface area contributed by atoms with Crippen LogP contribution in [0.25, 0.3) is 21.6 Å². The number of methoxy groups -OCH3 is 1. The van der Waals surface area contributed by atoms with Gasteiger partial charge in [0.15, 0.2) is 0 Å². The molecule has 5 rings (SSSR count). The van der Waals surface area contributed by atoms with Gasteiger partial charge in [-0.15, -0.1) is 11.3 Å². The highest BCUT2D eigenvalue weighted by Crippen LogP contribution is 2.49. The van der Waals surface area contributed by atoms with E-state index in [4.69, 9.17) is 21.1 Å². The van der Waals surface area contributed by atoms with Gasteiger partial charge in [-0.25, -0.2) is 4.79 Å². The molecule has 1 atom stereocenters. The summed E-state index contributed by atoms with van der Waals surface area (Å²) in [4.78, 5) is 25.1. The van der Waals surface area contributed by atoms with Crippen LogP contribution in [0.15, 0.2) is 78.9 Å². The van der Waals surface area contributed by atoms with E-state index in [1.165, 1.54) is 11.3 Å². The first kappa shape index (κ1) is 28.2. The lowest BCUT2D eigenvalue weighted by molar-refractivity contribution is -0.140. The highest BCUT2D eigenvalue weighted by molar-refractivity contribution is 7.20. The zero-order valence-electron chi connectivity index (χ0n) is 20.9. The van der Waals surface area contributed by atoms with Crippen LogP contribution in [-0.2, 0) is 14.9 Å². The highest BCUT2D eigenvalue weighted by Gasteiger charge is 2.51. The van der Waals surface area contributed by atoms with E-state index in [9.17, 15) is 14.7 Å². The Labute approximate surface area is 237 Å². The van der Waals surface area contributed by atoms with Crippen molar-refractivity contribution in [2.75, 3.05) is 12.4 Å². The number of anilines is 1. The molecule has 0 spiro atoms. The Hall–Kier alpha value is -3.81. The van der Waals surface area contributed by atoms with Gasteiger partial charge in [-0.1, -0.05) is 85.8 Å². The predicted molar refractivity (Wildman–Crippen MR) is 157 cm³/mol. The molecule has 1 saturated carbocycles. The van der Waals surface area contributed by atoms with Gasteiger partial charge in [0, 0.05) is 5.56 Å². The second-order valence-corrected chi connectivity index (χ2v) is 10.9. The molecule has 1 aliphatic carbocycles. The van der Waals surface area contributed by atoms with Crippen molar-refractivity contribution >= 4 is 40.7 Å². The van der Waals surface area contributed by atoms with Crippen LogP contribution in [0.5, 0.6) is 5.75 Å². The number of nitrogens with one attached hydrogen (secondary N) is 1. The topological polar surface area (TPSA) is 84.9 Å². The SMILES string of the molecule is C.COc1cc(-c2sc(Cl)cc2NC(=O)O[C@H](C)c2ccccc2)ccc1-c1ccc(C2(C(=O)O)CC2)cc1. The summed E-state index contributed by atoms with van der Waals surface area (Å²) in [5.74, 6) is -0.130. The molecule has 6 nitrogen and oxygen atoms in total. The van der Waals surface area contributed by atoms with E-state index in [1.807, 2.05) is 79.7 Å². The third-order valence-electron chi connectivity index (χ3n) is 6.86. The number of benzene rings is 3. The fourth-order valence-corrected chi connectivity index (χ4v) is 5.73. The maximum atomic E-state index is 12.7. The van der Waals surface area contributed by atoms with Gasteiger partial charge < -0.3 is 14.6 Å². The van der Waals surface area contributed by atoms with Gasteiger partial charge in [-0.05, 0) is 54.2 Å². The van der Waals surface area contributed by atoms with Crippen LogP contribution in [0.4, 0.5) is 10.5 Å². The minimum absolute atomic E-state index is 0. The summed E-state index contributed by atoms with van der Waals surface area (Å²) in [6.45, 7) is 1.82. The summed E-state index contributed by atoms with van der Waals surface area (Å²) >= 11 is 7.68. The average molecular weight is 564 g/mol. The van der Waals surface area contributed by atoms with Crippen molar-refractivity contribution in [2.45, 2.75) is 38.7 Å². The minimum atomic E-state index is -0.774. The van der Waals surface area contributed by atoms with E-state index >= 15 is 0 Å². The van der Waals surface area contributed by atoms with Crippen LogP contribution >= 0.6 is 22.9 Å². The monoisotopic (exact) mass is 563 g/mol. The van der Waals surface area contributed by atoms with E-state index in [-0.39, 0.29) is 7.43 Å². The van der Waals surface area contributed by atoms with Crippen molar-refractivity contribution in [2.24, 2.45) is 0 Å². The number of thiophene rings is 1. The number of hydrogen-bond donors (Lipinski definition) is 2. The number of hydrogen-bond acceptors (Lipinski definition) is 5. The van der Waals surface area contributed by atoms with Gasteiger partial charge in [-0.2, -0.15) is 0 Å². The fraction of sp³-hybridized carbons (Fsp3) is 0.226. The van der Waals surface area contributed by atoms with E-state index in [2.05, 4.69) is 5.32 Å². The number of rotatable bonds is 8.